The summed E-state index contributed by atoms with van der Waals surface area (Å²) in [5, 5.41) is 8.80. The Morgan fingerprint density at radius 3 is 2.75 bits per heavy atom. The molecule has 40 valence electrons. The third kappa shape index (κ3) is 0.710. The monoisotopic (exact) mass is 108 g/mol. The highest BCUT2D eigenvalue weighted by Crippen LogP contribution is 1.86. The third-order valence-electron chi connectivity index (χ3n) is 0.882. The SMILES string of the molecule is C[N+]1=C=CC=C=C1O. The Morgan fingerprint density at radius 1 is 1.62 bits per heavy atom. The lowest BCUT2D eigenvalue weighted by Crippen LogP contribution is -2.02. The number of hydrogen-bond acceptors (Lipinski definition) is 1. The molecule has 0 aromatic heterocycles. The van der Waals surface area contributed by atoms with E-state index < -0.39 is 0 Å². The lowest BCUT2D eigenvalue weighted by atomic mass is 10.5. The molecule has 1 rings (SSSR count). The highest BCUT2D eigenvalue weighted by molar-refractivity contribution is 5.50. The number of rotatable bonds is 0. The quantitative estimate of drug-likeness (QED) is 0.353. The maximum Gasteiger partial charge on any atom is 0.421 e. The van der Waals surface area contributed by atoms with Gasteiger partial charge in [-0.05, 0) is 0 Å². The molecule has 0 amide bonds. The summed E-state index contributed by atoms with van der Waals surface area (Å²) in [4.78, 5) is 0. The van der Waals surface area contributed by atoms with Gasteiger partial charge in [-0.15, -0.1) is 4.58 Å². The first-order chi connectivity index (χ1) is 3.80. The van der Waals surface area contributed by atoms with E-state index in [1.807, 2.05) is 0 Å². The molecule has 0 aromatic rings. The van der Waals surface area contributed by atoms with E-state index in [1.54, 1.807) is 19.2 Å². The molecule has 0 atom stereocenters. The predicted octanol–water partition coefficient (Wildman–Crippen LogP) is 0.423. The minimum atomic E-state index is 0.104. The first kappa shape index (κ1) is 4.92. The number of nitrogens with zero attached hydrogens (tertiary/aromatic N) is 1. The fourth-order valence-corrected chi connectivity index (χ4v) is 0.423. The molecule has 0 saturated heterocycles. The van der Waals surface area contributed by atoms with E-state index in [4.69, 9.17) is 5.11 Å². The van der Waals surface area contributed by atoms with Crippen molar-refractivity contribution in [2.24, 2.45) is 0 Å². The molecule has 1 aliphatic rings. The van der Waals surface area contributed by atoms with E-state index in [9.17, 15) is 0 Å². The van der Waals surface area contributed by atoms with Gasteiger partial charge in [-0.2, -0.15) is 0 Å². The Labute approximate surface area is 47.4 Å². The average Bonchev–Trinajstić information content (AvgIpc) is 1.77. The lowest BCUT2D eigenvalue weighted by molar-refractivity contribution is -0.468. The van der Waals surface area contributed by atoms with Crippen LogP contribution in [0.4, 0.5) is 0 Å². The van der Waals surface area contributed by atoms with Gasteiger partial charge in [-0.3, -0.25) is 0 Å². The summed E-state index contributed by atoms with van der Waals surface area (Å²) < 4.78 is 1.46. The number of hydrogen-bond donors (Lipinski definition) is 1. The normalized spacial score (nSPS) is 15.6. The van der Waals surface area contributed by atoms with Gasteiger partial charge in [0, 0.05) is 11.8 Å². The maximum atomic E-state index is 8.80. The van der Waals surface area contributed by atoms with Gasteiger partial charge in [0.1, 0.15) is 0 Å². The number of aliphatic hydroxyl groups excluding tert-OH is 1. The van der Waals surface area contributed by atoms with E-state index in [0.29, 0.717) is 0 Å². The van der Waals surface area contributed by atoms with Crippen LogP contribution in [0.3, 0.4) is 0 Å². The molecule has 0 radical (unpaired) electrons. The number of aliphatic hydroxyl groups is 1. The smallest absolute Gasteiger partial charge is 0.421 e. The summed E-state index contributed by atoms with van der Waals surface area (Å²) in [6.45, 7) is 0. The topological polar surface area (TPSA) is 23.2 Å². The molecule has 8 heavy (non-hydrogen) atoms. The highest BCUT2D eigenvalue weighted by Gasteiger charge is 2.01. The van der Waals surface area contributed by atoms with Crippen LogP contribution in [-0.4, -0.2) is 22.6 Å². The van der Waals surface area contributed by atoms with Gasteiger partial charge in [0.05, 0.1) is 6.08 Å². The van der Waals surface area contributed by atoms with Crippen molar-refractivity contribution in [2.75, 3.05) is 7.05 Å². The third-order valence-corrected chi connectivity index (χ3v) is 0.882. The fourth-order valence-electron chi connectivity index (χ4n) is 0.423. The van der Waals surface area contributed by atoms with Crippen LogP contribution in [0, 0.1) is 0 Å². The van der Waals surface area contributed by atoms with E-state index >= 15 is 0 Å². The molecular weight excluding hydrogens is 102 g/mol. The highest BCUT2D eigenvalue weighted by atomic mass is 16.3. The first-order valence-corrected chi connectivity index (χ1v) is 2.28. The van der Waals surface area contributed by atoms with Gasteiger partial charge in [0.25, 0.3) is 0 Å². The first-order valence-electron chi connectivity index (χ1n) is 2.28. The van der Waals surface area contributed by atoms with Crippen LogP contribution in [-0.2, 0) is 0 Å². The molecule has 0 unspecified atom stereocenters. The Hall–Kier alpha value is -1.23. The molecule has 0 aromatic carbocycles. The van der Waals surface area contributed by atoms with Crippen molar-refractivity contribution < 1.29 is 9.68 Å². The Kier molecular flexibility index (Phi) is 1.05. The van der Waals surface area contributed by atoms with Gasteiger partial charge >= 0.3 is 5.88 Å². The zero-order chi connectivity index (χ0) is 5.98. The van der Waals surface area contributed by atoms with Crippen molar-refractivity contribution in [2.45, 2.75) is 0 Å². The molecule has 2 nitrogen and oxygen atoms in total. The van der Waals surface area contributed by atoms with Crippen molar-refractivity contribution in [3.8, 4) is 0 Å². The van der Waals surface area contributed by atoms with Gasteiger partial charge in [0.2, 0.25) is 0 Å². The molecule has 0 spiro atoms. The van der Waals surface area contributed by atoms with Crippen LogP contribution >= 0.6 is 0 Å². The van der Waals surface area contributed by atoms with E-state index in [0.717, 1.165) is 0 Å². The Balaban J connectivity index is 3.10. The van der Waals surface area contributed by atoms with Crippen LogP contribution in [0.5, 0.6) is 0 Å². The van der Waals surface area contributed by atoms with Gasteiger partial charge in [-0.1, -0.05) is 0 Å². The van der Waals surface area contributed by atoms with Gasteiger partial charge in [-0.25, -0.2) is 0 Å². The lowest BCUT2D eigenvalue weighted by Gasteiger charge is -1.84. The number of allylic oxidation sites excluding steroid dienone is 2. The largest absolute Gasteiger partial charge is 0.453 e. The van der Waals surface area contributed by atoms with Gasteiger partial charge < -0.3 is 5.11 Å². The Morgan fingerprint density at radius 2 is 2.38 bits per heavy atom. The molecular formula is C6H6NO+. The molecule has 0 bridgehead atoms. The van der Waals surface area contributed by atoms with E-state index in [-0.39, 0.29) is 5.88 Å². The molecule has 0 saturated carbocycles. The molecule has 1 N–H and O–H groups in total. The van der Waals surface area contributed by atoms with E-state index in [1.165, 1.54) is 4.58 Å². The second-order valence-corrected chi connectivity index (χ2v) is 1.49. The summed E-state index contributed by atoms with van der Waals surface area (Å²) >= 11 is 0. The van der Waals surface area contributed by atoms with Crippen molar-refractivity contribution in [1.29, 1.82) is 0 Å². The predicted molar refractivity (Wildman–Crippen MR) is 30.0 cm³/mol. The second-order valence-electron chi connectivity index (χ2n) is 1.49. The fraction of sp³-hybridized carbons (Fsp3) is 0.167. The van der Waals surface area contributed by atoms with Crippen molar-refractivity contribution in [3.63, 3.8) is 0 Å². The molecule has 0 aliphatic carbocycles. The molecule has 1 aliphatic heterocycles. The van der Waals surface area contributed by atoms with Crippen molar-refractivity contribution in [1.82, 2.24) is 0 Å². The van der Waals surface area contributed by atoms with E-state index in [2.05, 4.69) is 11.6 Å². The van der Waals surface area contributed by atoms with Crippen LogP contribution in [0.2, 0.25) is 0 Å². The summed E-state index contributed by atoms with van der Waals surface area (Å²) in [7, 11) is 1.70. The summed E-state index contributed by atoms with van der Waals surface area (Å²) in [6.07, 6.45) is 3.29. The van der Waals surface area contributed by atoms with Crippen molar-refractivity contribution in [3.05, 3.63) is 23.8 Å². The molecule has 2 heteroatoms. The summed E-state index contributed by atoms with van der Waals surface area (Å²) in [5.41, 5.74) is 2.59. The van der Waals surface area contributed by atoms with Crippen LogP contribution in [0.15, 0.2) is 23.8 Å². The van der Waals surface area contributed by atoms with Crippen LogP contribution < -0.4 is 0 Å². The van der Waals surface area contributed by atoms with Gasteiger partial charge in [0.15, 0.2) is 12.9 Å². The summed E-state index contributed by atoms with van der Waals surface area (Å²) in [6, 6.07) is 0. The molecule has 0 fully saturated rings. The summed E-state index contributed by atoms with van der Waals surface area (Å²) in [5.74, 6) is 2.84. The zero-order valence-electron chi connectivity index (χ0n) is 4.55. The Bertz CT molecular complexity index is 199. The maximum absolute atomic E-state index is 8.80. The van der Waals surface area contributed by atoms with Crippen LogP contribution in [0.25, 0.3) is 0 Å². The minimum absolute atomic E-state index is 0.104. The minimum Gasteiger partial charge on any atom is -0.453 e. The molecule has 1 heterocycles. The average molecular weight is 108 g/mol. The zero-order valence-corrected chi connectivity index (χ0v) is 4.55. The second kappa shape index (κ2) is 1.71. The standard InChI is InChI=1S/C6H5NO/c1-7-5-3-2-4-6(7)8/h2-3H,1H3/p+1. The van der Waals surface area contributed by atoms with Crippen molar-refractivity contribution >= 4 is 5.87 Å². The van der Waals surface area contributed by atoms with Crippen LogP contribution in [0.1, 0.15) is 0 Å².